The second-order valence-corrected chi connectivity index (χ2v) is 25.3. The molecule has 12 N–H and O–H groups in total. The molecule has 0 spiro atoms. The minimum atomic E-state index is -1.99. The Morgan fingerprint density at radius 1 is 0.398 bits per heavy atom. The van der Waals surface area contributed by atoms with E-state index in [1.54, 1.807) is 6.08 Å². The molecule has 3 rings (SSSR count). The van der Waals surface area contributed by atoms with E-state index in [2.05, 4.69) is 104 Å². The van der Waals surface area contributed by atoms with Gasteiger partial charge in [0, 0.05) is 6.42 Å². The van der Waals surface area contributed by atoms with Crippen molar-refractivity contribution in [2.75, 3.05) is 26.4 Å². The van der Waals surface area contributed by atoms with Crippen molar-refractivity contribution >= 4 is 5.91 Å². The summed E-state index contributed by atoms with van der Waals surface area (Å²) in [5, 5.41) is 121. The van der Waals surface area contributed by atoms with Crippen LogP contribution in [0.1, 0.15) is 232 Å². The summed E-state index contributed by atoms with van der Waals surface area (Å²) in [6, 6.07) is -0.999. The summed E-state index contributed by atoms with van der Waals surface area (Å²) < 4.78 is 34.4. The van der Waals surface area contributed by atoms with Crippen LogP contribution in [-0.2, 0) is 33.2 Å². The molecule has 0 radical (unpaired) electrons. The number of aliphatic hydroxyl groups excluding tert-OH is 11. The molecule has 0 bridgehead atoms. The fraction of sp³-hybridized carbons (Fsp3) is 0.770. The maximum absolute atomic E-state index is 13.4. The zero-order chi connectivity index (χ0) is 67.5. The molecule has 0 aliphatic carbocycles. The van der Waals surface area contributed by atoms with Gasteiger partial charge in [-0.25, -0.2) is 0 Å². The van der Waals surface area contributed by atoms with Crippen molar-refractivity contribution in [2.45, 2.75) is 336 Å². The molecule has 3 saturated heterocycles. The van der Waals surface area contributed by atoms with E-state index in [1.165, 1.54) is 116 Å². The van der Waals surface area contributed by atoms with Gasteiger partial charge in [0.1, 0.15) is 73.2 Å². The maximum atomic E-state index is 13.4. The Morgan fingerprint density at radius 2 is 0.742 bits per heavy atom. The highest BCUT2D eigenvalue weighted by atomic mass is 16.8. The number of unbranched alkanes of at least 4 members (excludes halogenated alkanes) is 24. The molecule has 17 atom stereocenters. The van der Waals surface area contributed by atoms with E-state index in [1.807, 2.05) is 6.08 Å². The van der Waals surface area contributed by atoms with Gasteiger partial charge in [0.05, 0.1) is 38.6 Å². The second-order valence-electron chi connectivity index (χ2n) is 25.3. The van der Waals surface area contributed by atoms with Crippen molar-refractivity contribution in [3.63, 3.8) is 0 Å². The molecule has 536 valence electrons. The molecule has 3 heterocycles. The van der Waals surface area contributed by atoms with E-state index < -0.39 is 124 Å². The van der Waals surface area contributed by atoms with Crippen LogP contribution in [0.5, 0.6) is 0 Å². The van der Waals surface area contributed by atoms with Gasteiger partial charge in [0.15, 0.2) is 18.9 Å². The van der Waals surface area contributed by atoms with Gasteiger partial charge in [0.2, 0.25) is 5.91 Å². The first-order chi connectivity index (χ1) is 45.3. The molecule has 93 heavy (non-hydrogen) atoms. The van der Waals surface area contributed by atoms with Crippen LogP contribution in [0.3, 0.4) is 0 Å². The second kappa shape index (κ2) is 54.7. The molecule has 0 aromatic heterocycles. The largest absolute Gasteiger partial charge is 0.394 e. The van der Waals surface area contributed by atoms with Gasteiger partial charge in [-0.3, -0.25) is 4.79 Å². The van der Waals surface area contributed by atoms with Gasteiger partial charge in [-0.1, -0.05) is 246 Å². The van der Waals surface area contributed by atoms with Gasteiger partial charge >= 0.3 is 0 Å². The summed E-state index contributed by atoms with van der Waals surface area (Å²) in [5.74, 6) is -0.310. The number of rotatable bonds is 54. The molecule has 17 unspecified atom stereocenters. The minimum Gasteiger partial charge on any atom is -0.394 e. The lowest BCUT2D eigenvalue weighted by Gasteiger charge is -2.48. The number of aliphatic hydroxyl groups is 11. The Kier molecular flexibility index (Phi) is 49.4. The summed E-state index contributed by atoms with van der Waals surface area (Å²) in [7, 11) is 0. The van der Waals surface area contributed by atoms with Crippen LogP contribution in [0.25, 0.3) is 0 Å². The summed E-state index contributed by atoms with van der Waals surface area (Å²) >= 11 is 0. The number of allylic oxidation sites excluding steroid dienone is 15. The van der Waals surface area contributed by atoms with Gasteiger partial charge in [-0.05, 0) is 77.0 Å². The Bertz CT molecular complexity index is 2060. The number of hydrogen-bond donors (Lipinski definition) is 12. The van der Waals surface area contributed by atoms with Crippen LogP contribution in [0.15, 0.2) is 97.2 Å². The summed E-state index contributed by atoms with van der Waals surface area (Å²) in [4.78, 5) is 13.4. The zero-order valence-corrected chi connectivity index (χ0v) is 56.7. The van der Waals surface area contributed by atoms with Crippen molar-refractivity contribution in [3.05, 3.63) is 97.2 Å². The third-order valence-electron chi connectivity index (χ3n) is 17.4. The molecule has 3 fully saturated rings. The Morgan fingerprint density at radius 3 is 1.16 bits per heavy atom. The fourth-order valence-electron chi connectivity index (χ4n) is 11.6. The number of ether oxygens (including phenoxy) is 6. The van der Waals surface area contributed by atoms with Crippen molar-refractivity contribution in [2.24, 2.45) is 0 Å². The summed E-state index contributed by atoms with van der Waals surface area (Å²) in [5.41, 5.74) is 0. The molecular weight excluding hydrogens is 1190 g/mol. The third-order valence-corrected chi connectivity index (χ3v) is 17.4. The predicted octanol–water partition coefficient (Wildman–Crippen LogP) is 10.0. The SMILES string of the molecule is CC/C=C\C/C=C\C/C=C\C/C=C\C/C=C\C/C=C\C/C=C\CCCCCC(=O)NC(COC1OC(CO)C(OC2OC(CO)C(OC3OC(CO)C(O)C(O)C3O)C(O)C2O)C(O)C1O)C(O)/C=C/CCCCCCCCCCCCCCCCCCCCCCC. The summed E-state index contributed by atoms with van der Waals surface area (Å²) in [6.07, 6.45) is 45.1. The highest BCUT2D eigenvalue weighted by molar-refractivity contribution is 5.76. The monoisotopic (exact) mass is 1320 g/mol. The lowest BCUT2D eigenvalue weighted by atomic mass is 9.96. The first kappa shape index (κ1) is 83.9. The molecule has 19 heteroatoms. The van der Waals surface area contributed by atoms with E-state index >= 15 is 0 Å². The first-order valence-electron chi connectivity index (χ1n) is 36.0. The van der Waals surface area contributed by atoms with Crippen LogP contribution >= 0.6 is 0 Å². The van der Waals surface area contributed by atoms with Gasteiger partial charge in [-0.15, -0.1) is 0 Å². The normalized spacial score (nSPS) is 28.1. The number of carbonyl (C=O) groups is 1. The number of amides is 1. The highest BCUT2D eigenvalue weighted by Gasteiger charge is 2.53. The number of nitrogens with one attached hydrogen (secondary N) is 1. The van der Waals surface area contributed by atoms with Crippen LogP contribution in [0.4, 0.5) is 0 Å². The molecule has 1 amide bonds. The van der Waals surface area contributed by atoms with E-state index in [0.29, 0.717) is 6.42 Å². The summed E-state index contributed by atoms with van der Waals surface area (Å²) in [6.45, 7) is 1.60. The minimum absolute atomic E-state index is 0.197. The third kappa shape index (κ3) is 36.2. The van der Waals surface area contributed by atoms with Crippen LogP contribution in [0, 0.1) is 0 Å². The smallest absolute Gasteiger partial charge is 0.220 e. The van der Waals surface area contributed by atoms with E-state index in [0.717, 1.165) is 89.9 Å². The Labute approximate surface area is 558 Å². The lowest BCUT2D eigenvalue weighted by Crippen LogP contribution is -2.66. The van der Waals surface area contributed by atoms with Crippen molar-refractivity contribution < 1.29 is 89.4 Å². The van der Waals surface area contributed by atoms with Crippen molar-refractivity contribution in [3.8, 4) is 0 Å². The van der Waals surface area contributed by atoms with E-state index in [9.17, 15) is 61.0 Å². The Balaban J connectivity index is 1.45. The molecular formula is C74H127NO18. The average molecular weight is 1320 g/mol. The molecule has 0 aromatic carbocycles. The fourth-order valence-corrected chi connectivity index (χ4v) is 11.6. The lowest BCUT2D eigenvalue weighted by molar-refractivity contribution is -0.379. The van der Waals surface area contributed by atoms with E-state index in [-0.39, 0.29) is 18.9 Å². The van der Waals surface area contributed by atoms with E-state index in [4.69, 9.17) is 28.4 Å². The molecule has 0 saturated carbocycles. The van der Waals surface area contributed by atoms with Crippen LogP contribution < -0.4 is 5.32 Å². The number of hydrogen-bond acceptors (Lipinski definition) is 18. The average Bonchev–Trinajstić information content (AvgIpc) is 0.819. The van der Waals surface area contributed by atoms with Gasteiger partial charge < -0.3 is 89.9 Å². The maximum Gasteiger partial charge on any atom is 0.220 e. The number of carbonyl (C=O) groups excluding carboxylic acids is 1. The van der Waals surface area contributed by atoms with Crippen molar-refractivity contribution in [1.82, 2.24) is 5.32 Å². The zero-order valence-electron chi connectivity index (χ0n) is 56.7. The Hall–Kier alpha value is -3.29. The van der Waals surface area contributed by atoms with Crippen molar-refractivity contribution in [1.29, 1.82) is 0 Å². The van der Waals surface area contributed by atoms with Crippen LogP contribution in [0.2, 0.25) is 0 Å². The van der Waals surface area contributed by atoms with Gasteiger partial charge in [-0.2, -0.15) is 0 Å². The highest BCUT2D eigenvalue weighted by Crippen LogP contribution is 2.33. The molecule has 0 aromatic rings. The van der Waals surface area contributed by atoms with Gasteiger partial charge in [0.25, 0.3) is 0 Å². The standard InChI is InChI=1S/C74H127NO18/c1-3-5-7-9-11-13-15-17-19-21-23-25-27-28-30-32-34-36-38-40-42-44-46-48-50-52-62(80)75-57(58(79)51-49-47-45-43-41-39-37-35-33-31-29-26-24-22-20-18-16-14-12-10-8-6-4-2)56-88-72-68(86)65(83)70(60(54-77)90-72)93-74-69(87)66(84)71(61(55-78)91-74)92-73-67(85)64(82)63(81)59(53-76)89-73/h5,7,11,13,17,19,23,25,28,30,34,36,40,42,49,51,57-61,63-74,76-79,81-87H,3-4,6,8-10,12,14-16,18,20-22,24,26-27,29,31-33,35,37-39,41,43-48,50,52-56H2,1-2H3,(H,75,80)/b7-5-,13-11-,19-17-,25-23-,30-28-,36-34-,42-40-,51-49+. The molecule has 3 aliphatic heterocycles. The molecule has 19 nitrogen and oxygen atoms in total. The topological polar surface area (TPSA) is 307 Å². The molecule has 3 aliphatic rings. The quantitative estimate of drug-likeness (QED) is 0.0199. The van der Waals surface area contributed by atoms with Crippen LogP contribution in [-0.4, -0.2) is 193 Å². The predicted molar refractivity (Wildman–Crippen MR) is 364 cm³/mol. The first-order valence-corrected chi connectivity index (χ1v) is 36.0.